The molecule has 70 valence electrons. The molecule has 0 spiro atoms. The Hall–Kier alpha value is -1.97. The number of carbonyl (C=O) groups excluding carboxylic acids is 1. The van der Waals surface area contributed by atoms with Gasteiger partial charge in [0.15, 0.2) is 6.29 Å². The summed E-state index contributed by atoms with van der Waals surface area (Å²) in [6.45, 7) is 0. The predicted molar refractivity (Wildman–Crippen MR) is 48.9 cm³/mol. The van der Waals surface area contributed by atoms with Gasteiger partial charge in [0.05, 0.1) is 11.9 Å². The van der Waals surface area contributed by atoms with Gasteiger partial charge in [0.1, 0.15) is 11.5 Å². The van der Waals surface area contributed by atoms with Gasteiger partial charge in [-0.3, -0.25) is 4.79 Å². The Morgan fingerprint density at radius 3 is 2.57 bits per heavy atom. The molecule has 0 radical (unpaired) electrons. The van der Waals surface area contributed by atoms with Crippen LogP contribution in [0.25, 0.3) is 5.69 Å². The number of benzene rings is 1. The Bertz CT molecular complexity index is 447. The molecule has 1 aromatic carbocycles. The zero-order valence-electron chi connectivity index (χ0n) is 7.22. The molecule has 0 aliphatic heterocycles. The number of hydrogen-bond acceptors (Lipinski definition) is 2. The van der Waals surface area contributed by atoms with E-state index < -0.39 is 0 Å². The lowest BCUT2D eigenvalue weighted by Gasteiger charge is -2.02. The van der Waals surface area contributed by atoms with E-state index >= 15 is 0 Å². The highest BCUT2D eigenvalue weighted by Gasteiger charge is 2.02. The first kappa shape index (κ1) is 8.62. The van der Waals surface area contributed by atoms with Gasteiger partial charge in [-0.05, 0) is 30.3 Å². The average molecular weight is 190 g/mol. The first-order chi connectivity index (χ1) is 6.81. The van der Waals surface area contributed by atoms with E-state index in [9.17, 15) is 9.18 Å². The van der Waals surface area contributed by atoms with Crippen molar-refractivity contribution in [2.75, 3.05) is 0 Å². The summed E-state index contributed by atoms with van der Waals surface area (Å²) in [7, 11) is 0. The van der Waals surface area contributed by atoms with Gasteiger partial charge < -0.3 is 0 Å². The fraction of sp³-hybridized carbons (Fsp3) is 0. The first-order valence-corrected chi connectivity index (χ1v) is 4.06. The van der Waals surface area contributed by atoms with Crippen molar-refractivity contribution >= 4 is 6.29 Å². The summed E-state index contributed by atoms with van der Waals surface area (Å²) in [5.74, 6) is -0.312. The van der Waals surface area contributed by atoms with E-state index in [-0.39, 0.29) is 5.82 Å². The van der Waals surface area contributed by atoms with Gasteiger partial charge in [0.2, 0.25) is 0 Å². The number of hydrogen-bond donors (Lipinski definition) is 0. The second-order valence-electron chi connectivity index (χ2n) is 2.76. The second-order valence-corrected chi connectivity index (χ2v) is 2.76. The van der Waals surface area contributed by atoms with Crippen molar-refractivity contribution in [2.24, 2.45) is 0 Å². The zero-order valence-corrected chi connectivity index (χ0v) is 7.22. The molecule has 0 saturated carbocycles. The molecule has 0 aliphatic rings. The van der Waals surface area contributed by atoms with Crippen molar-refractivity contribution in [1.82, 2.24) is 9.78 Å². The van der Waals surface area contributed by atoms with Crippen LogP contribution in [0.15, 0.2) is 36.5 Å². The smallest absolute Gasteiger partial charge is 0.168 e. The minimum atomic E-state index is -0.312. The van der Waals surface area contributed by atoms with Gasteiger partial charge in [0, 0.05) is 0 Å². The van der Waals surface area contributed by atoms with Gasteiger partial charge in [-0.2, -0.15) is 5.10 Å². The molecule has 2 rings (SSSR count). The monoisotopic (exact) mass is 190 g/mol. The van der Waals surface area contributed by atoms with Crippen LogP contribution in [-0.4, -0.2) is 16.1 Å². The minimum Gasteiger partial charge on any atom is -0.296 e. The molecule has 0 aliphatic carbocycles. The molecule has 0 saturated heterocycles. The summed E-state index contributed by atoms with van der Waals surface area (Å²) in [6, 6.07) is 7.37. The molecule has 0 N–H and O–H groups in total. The van der Waals surface area contributed by atoms with E-state index in [0.29, 0.717) is 17.7 Å². The van der Waals surface area contributed by atoms with Crippen LogP contribution >= 0.6 is 0 Å². The number of rotatable bonds is 2. The van der Waals surface area contributed by atoms with Crippen LogP contribution in [0.1, 0.15) is 10.5 Å². The fourth-order valence-electron chi connectivity index (χ4n) is 1.20. The summed E-state index contributed by atoms with van der Waals surface area (Å²) in [6.07, 6.45) is 2.23. The summed E-state index contributed by atoms with van der Waals surface area (Å²) in [4.78, 5) is 10.6. The van der Waals surface area contributed by atoms with Crippen molar-refractivity contribution in [3.8, 4) is 5.69 Å². The molecule has 2 aromatic rings. The van der Waals surface area contributed by atoms with Gasteiger partial charge in [-0.1, -0.05) is 0 Å². The van der Waals surface area contributed by atoms with Crippen LogP contribution < -0.4 is 0 Å². The van der Waals surface area contributed by atoms with E-state index in [2.05, 4.69) is 5.10 Å². The SMILES string of the molecule is O=Cc1ccnn1-c1ccc(F)cc1. The van der Waals surface area contributed by atoms with Gasteiger partial charge in [0.25, 0.3) is 0 Å². The Morgan fingerprint density at radius 2 is 1.93 bits per heavy atom. The molecular formula is C10H7FN2O. The average Bonchev–Trinajstić information content (AvgIpc) is 2.67. The quantitative estimate of drug-likeness (QED) is 0.677. The minimum absolute atomic E-state index is 0.312. The number of halogens is 1. The lowest BCUT2D eigenvalue weighted by Crippen LogP contribution is -2.00. The van der Waals surface area contributed by atoms with E-state index in [1.54, 1.807) is 18.2 Å². The molecule has 0 unspecified atom stereocenters. The fourth-order valence-corrected chi connectivity index (χ4v) is 1.20. The molecule has 4 heteroatoms. The van der Waals surface area contributed by atoms with Gasteiger partial charge in [-0.25, -0.2) is 9.07 Å². The number of nitrogens with zero attached hydrogens (tertiary/aromatic N) is 2. The van der Waals surface area contributed by atoms with Crippen LogP contribution in [0.4, 0.5) is 4.39 Å². The molecule has 1 aromatic heterocycles. The third-order valence-corrected chi connectivity index (χ3v) is 1.86. The van der Waals surface area contributed by atoms with Crippen LogP contribution in [0.3, 0.4) is 0 Å². The third kappa shape index (κ3) is 1.42. The molecule has 0 fully saturated rings. The van der Waals surface area contributed by atoms with E-state index in [1.807, 2.05) is 0 Å². The van der Waals surface area contributed by atoms with E-state index in [1.165, 1.54) is 23.0 Å². The largest absolute Gasteiger partial charge is 0.296 e. The van der Waals surface area contributed by atoms with Crippen LogP contribution in [0.2, 0.25) is 0 Å². The topological polar surface area (TPSA) is 34.9 Å². The summed E-state index contributed by atoms with van der Waals surface area (Å²) in [5, 5.41) is 3.95. The maximum absolute atomic E-state index is 12.6. The molecule has 14 heavy (non-hydrogen) atoms. The Labute approximate surface area is 79.8 Å². The highest BCUT2D eigenvalue weighted by molar-refractivity contribution is 5.73. The molecule has 0 bridgehead atoms. The predicted octanol–water partition coefficient (Wildman–Crippen LogP) is 1.82. The maximum atomic E-state index is 12.6. The number of aldehydes is 1. The van der Waals surface area contributed by atoms with Crippen LogP contribution in [0, 0.1) is 5.82 Å². The van der Waals surface area contributed by atoms with Crippen molar-refractivity contribution in [1.29, 1.82) is 0 Å². The molecule has 3 nitrogen and oxygen atoms in total. The highest BCUT2D eigenvalue weighted by Crippen LogP contribution is 2.09. The molecule has 0 amide bonds. The normalized spacial score (nSPS) is 10.1. The summed E-state index contributed by atoms with van der Waals surface area (Å²) < 4.78 is 14.1. The van der Waals surface area contributed by atoms with Crippen molar-refractivity contribution in [3.05, 3.63) is 48.0 Å². The van der Waals surface area contributed by atoms with E-state index in [0.717, 1.165) is 0 Å². The molecule has 1 heterocycles. The van der Waals surface area contributed by atoms with E-state index in [4.69, 9.17) is 0 Å². The highest BCUT2D eigenvalue weighted by atomic mass is 19.1. The van der Waals surface area contributed by atoms with Gasteiger partial charge in [-0.15, -0.1) is 0 Å². The Balaban J connectivity index is 2.49. The third-order valence-electron chi connectivity index (χ3n) is 1.86. The van der Waals surface area contributed by atoms with Crippen molar-refractivity contribution in [2.45, 2.75) is 0 Å². The molecule has 0 atom stereocenters. The van der Waals surface area contributed by atoms with Crippen LogP contribution in [0.5, 0.6) is 0 Å². The summed E-state index contributed by atoms with van der Waals surface area (Å²) in [5.41, 5.74) is 1.11. The standard InChI is InChI=1S/C10H7FN2O/c11-8-1-3-9(4-2-8)13-10(7-14)5-6-12-13/h1-7H. The maximum Gasteiger partial charge on any atom is 0.168 e. The zero-order chi connectivity index (χ0) is 9.97. The lowest BCUT2D eigenvalue weighted by atomic mass is 10.3. The van der Waals surface area contributed by atoms with Crippen molar-refractivity contribution in [3.63, 3.8) is 0 Å². The Morgan fingerprint density at radius 1 is 1.21 bits per heavy atom. The van der Waals surface area contributed by atoms with Gasteiger partial charge >= 0.3 is 0 Å². The Kier molecular flexibility index (Phi) is 2.10. The lowest BCUT2D eigenvalue weighted by molar-refractivity contribution is 0.111. The second kappa shape index (κ2) is 3.41. The molecular weight excluding hydrogens is 183 g/mol. The summed E-state index contributed by atoms with van der Waals surface area (Å²) >= 11 is 0. The number of aromatic nitrogens is 2. The van der Waals surface area contributed by atoms with Crippen LogP contribution in [-0.2, 0) is 0 Å². The number of carbonyl (C=O) groups is 1. The van der Waals surface area contributed by atoms with Crippen molar-refractivity contribution < 1.29 is 9.18 Å². The first-order valence-electron chi connectivity index (χ1n) is 4.06.